The number of anilines is 1. The second-order valence-corrected chi connectivity index (χ2v) is 8.02. The molecule has 1 unspecified atom stereocenters. The number of benzene rings is 3. The molecule has 0 saturated carbocycles. The lowest BCUT2D eigenvalue weighted by molar-refractivity contribution is -0.132. The zero-order valence-corrected chi connectivity index (χ0v) is 20.7. The van der Waals surface area contributed by atoms with Gasteiger partial charge in [0.15, 0.2) is 0 Å². The number of aliphatic hydroxyl groups excluding tert-OH is 1. The number of methoxy groups -OCH3 is 4. The number of hydrogen-bond acceptors (Lipinski definition) is 8. The van der Waals surface area contributed by atoms with Crippen LogP contribution in [0.5, 0.6) is 17.2 Å². The van der Waals surface area contributed by atoms with Crippen LogP contribution >= 0.6 is 0 Å². The van der Waals surface area contributed by atoms with E-state index in [0.717, 1.165) is 0 Å². The number of hydrogen-bond donors (Lipinski definition) is 1. The van der Waals surface area contributed by atoms with Crippen LogP contribution in [-0.2, 0) is 14.3 Å². The second kappa shape index (κ2) is 10.4. The Hall–Kier alpha value is -4.79. The van der Waals surface area contributed by atoms with E-state index in [0.29, 0.717) is 22.7 Å². The van der Waals surface area contributed by atoms with Crippen molar-refractivity contribution in [2.75, 3.05) is 33.3 Å². The summed E-state index contributed by atoms with van der Waals surface area (Å²) in [6, 6.07) is 16.7. The van der Waals surface area contributed by atoms with Crippen molar-refractivity contribution in [1.29, 1.82) is 0 Å². The van der Waals surface area contributed by atoms with Crippen LogP contribution in [0.2, 0.25) is 0 Å². The first-order valence-electron chi connectivity index (χ1n) is 11.2. The summed E-state index contributed by atoms with van der Waals surface area (Å²) in [6.45, 7) is 0. The van der Waals surface area contributed by atoms with Gasteiger partial charge in [0.25, 0.3) is 11.7 Å². The molecule has 0 spiro atoms. The maximum Gasteiger partial charge on any atom is 0.337 e. The van der Waals surface area contributed by atoms with Crippen LogP contribution in [0, 0.1) is 0 Å². The van der Waals surface area contributed by atoms with Crippen LogP contribution in [0.25, 0.3) is 5.76 Å². The highest BCUT2D eigenvalue weighted by Crippen LogP contribution is 2.46. The van der Waals surface area contributed by atoms with Crippen molar-refractivity contribution in [3.8, 4) is 17.2 Å². The Bertz CT molecular complexity index is 1390. The number of nitrogens with zero attached hydrogens (tertiary/aromatic N) is 1. The van der Waals surface area contributed by atoms with Crippen molar-refractivity contribution in [1.82, 2.24) is 0 Å². The van der Waals surface area contributed by atoms with E-state index in [-0.39, 0.29) is 22.4 Å². The van der Waals surface area contributed by atoms with E-state index in [9.17, 15) is 19.5 Å². The zero-order valence-electron chi connectivity index (χ0n) is 20.7. The molecule has 0 bridgehead atoms. The van der Waals surface area contributed by atoms with Crippen molar-refractivity contribution >= 4 is 29.1 Å². The monoisotopic (exact) mass is 503 g/mol. The molecule has 1 N–H and O–H groups in total. The van der Waals surface area contributed by atoms with Crippen molar-refractivity contribution < 1.29 is 38.4 Å². The summed E-state index contributed by atoms with van der Waals surface area (Å²) in [5.41, 5.74) is 1.11. The third-order valence-electron chi connectivity index (χ3n) is 6.11. The van der Waals surface area contributed by atoms with Gasteiger partial charge >= 0.3 is 5.97 Å². The normalized spacial score (nSPS) is 16.4. The fourth-order valence-corrected chi connectivity index (χ4v) is 4.31. The molecule has 0 aromatic heterocycles. The van der Waals surface area contributed by atoms with Gasteiger partial charge in [-0.25, -0.2) is 4.79 Å². The van der Waals surface area contributed by atoms with Gasteiger partial charge in [0, 0.05) is 11.3 Å². The first kappa shape index (κ1) is 25.3. The van der Waals surface area contributed by atoms with E-state index < -0.39 is 29.5 Å². The Morgan fingerprint density at radius 2 is 1.51 bits per heavy atom. The molecule has 1 heterocycles. The van der Waals surface area contributed by atoms with Crippen LogP contribution in [0.3, 0.4) is 0 Å². The minimum absolute atomic E-state index is 0.155. The maximum atomic E-state index is 13.5. The molecule has 9 heteroatoms. The van der Waals surface area contributed by atoms with E-state index in [1.165, 1.54) is 63.7 Å². The van der Waals surface area contributed by atoms with Crippen LogP contribution in [0.15, 0.2) is 72.3 Å². The van der Waals surface area contributed by atoms with E-state index in [2.05, 4.69) is 0 Å². The quantitative estimate of drug-likeness (QED) is 0.222. The van der Waals surface area contributed by atoms with Crippen LogP contribution < -0.4 is 19.1 Å². The van der Waals surface area contributed by atoms with Gasteiger partial charge in [-0.2, -0.15) is 0 Å². The topological polar surface area (TPSA) is 112 Å². The molecule has 1 atom stereocenters. The number of esters is 1. The molecular formula is C28H25NO8. The first-order chi connectivity index (χ1) is 17.9. The molecule has 0 aliphatic carbocycles. The average Bonchev–Trinajstić information content (AvgIpc) is 3.21. The smallest absolute Gasteiger partial charge is 0.337 e. The standard InChI is InChI=1S/C28H25NO8/c1-34-18-13-14-22(36-3)20(15-18)25(30)23-24(19-7-5-6-8-21(19)35-2)29(27(32)26(23)31)17-11-9-16(10-12-17)28(33)37-4/h5-15,24,30H,1-4H3/b25-23+. The molecule has 4 rings (SSSR count). The van der Waals surface area contributed by atoms with Crippen molar-refractivity contribution in [3.63, 3.8) is 0 Å². The molecule has 1 aliphatic heterocycles. The van der Waals surface area contributed by atoms with Gasteiger partial charge < -0.3 is 24.1 Å². The molecule has 1 saturated heterocycles. The van der Waals surface area contributed by atoms with Gasteiger partial charge in [-0.05, 0) is 48.5 Å². The number of para-hydroxylation sites is 1. The first-order valence-corrected chi connectivity index (χ1v) is 11.2. The van der Waals surface area contributed by atoms with E-state index in [1.807, 2.05) is 0 Å². The number of rotatable bonds is 7. The maximum absolute atomic E-state index is 13.5. The minimum Gasteiger partial charge on any atom is -0.507 e. The molecule has 1 amide bonds. The number of ketones is 1. The Balaban J connectivity index is 1.98. The minimum atomic E-state index is -1.05. The summed E-state index contributed by atoms with van der Waals surface area (Å²) < 4.78 is 21.0. The highest BCUT2D eigenvalue weighted by molar-refractivity contribution is 6.51. The molecule has 190 valence electrons. The number of Topliss-reactive ketones (excluding diaryl/α,β-unsaturated/α-hetero) is 1. The van der Waals surface area contributed by atoms with Gasteiger partial charge in [-0.3, -0.25) is 14.5 Å². The molecular weight excluding hydrogens is 478 g/mol. The lowest BCUT2D eigenvalue weighted by atomic mass is 9.94. The summed E-state index contributed by atoms with van der Waals surface area (Å²) in [4.78, 5) is 40.1. The van der Waals surface area contributed by atoms with E-state index in [1.54, 1.807) is 36.4 Å². The van der Waals surface area contributed by atoms with E-state index >= 15 is 0 Å². The zero-order chi connectivity index (χ0) is 26.7. The number of amides is 1. The second-order valence-electron chi connectivity index (χ2n) is 8.02. The fraction of sp³-hybridized carbons (Fsp3) is 0.179. The van der Waals surface area contributed by atoms with Crippen molar-refractivity contribution in [3.05, 3.63) is 89.0 Å². The number of aliphatic hydroxyl groups is 1. The average molecular weight is 504 g/mol. The predicted molar refractivity (Wildman–Crippen MR) is 135 cm³/mol. The Kier molecular flexibility index (Phi) is 7.15. The van der Waals surface area contributed by atoms with Crippen LogP contribution in [0.1, 0.15) is 27.5 Å². The number of carbonyl (C=O) groups excluding carboxylic acids is 3. The lowest BCUT2D eigenvalue weighted by Crippen LogP contribution is -2.29. The third-order valence-corrected chi connectivity index (χ3v) is 6.11. The molecule has 9 nitrogen and oxygen atoms in total. The summed E-state index contributed by atoms with van der Waals surface area (Å²) in [5, 5.41) is 11.5. The van der Waals surface area contributed by atoms with Crippen LogP contribution in [0.4, 0.5) is 5.69 Å². The van der Waals surface area contributed by atoms with Crippen molar-refractivity contribution in [2.24, 2.45) is 0 Å². The molecule has 1 aliphatic rings. The third kappa shape index (κ3) is 4.47. The molecule has 3 aromatic rings. The van der Waals surface area contributed by atoms with E-state index in [4.69, 9.17) is 18.9 Å². The fourth-order valence-electron chi connectivity index (χ4n) is 4.31. The number of ether oxygens (including phenoxy) is 4. The summed E-state index contributed by atoms with van der Waals surface area (Å²) in [7, 11) is 5.64. The summed E-state index contributed by atoms with van der Waals surface area (Å²) >= 11 is 0. The summed E-state index contributed by atoms with van der Waals surface area (Å²) in [6.07, 6.45) is 0. The molecule has 3 aromatic carbocycles. The van der Waals surface area contributed by atoms with Gasteiger partial charge in [0.1, 0.15) is 23.0 Å². The lowest BCUT2D eigenvalue weighted by Gasteiger charge is -2.27. The molecule has 37 heavy (non-hydrogen) atoms. The van der Waals surface area contributed by atoms with Gasteiger partial charge in [0.2, 0.25) is 0 Å². The van der Waals surface area contributed by atoms with Gasteiger partial charge in [-0.15, -0.1) is 0 Å². The van der Waals surface area contributed by atoms with Crippen LogP contribution in [-0.4, -0.2) is 51.2 Å². The highest BCUT2D eigenvalue weighted by Gasteiger charge is 2.48. The van der Waals surface area contributed by atoms with Gasteiger partial charge in [0.05, 0.1) is 51.2 Å². The highest BCUT2D eigenvalue weighted by atomic mass is 16.5. The Morgan fingerprint density at radius 1 is 0.838 bits per heavy atom. The number of carbonyl (C=O) groups is 3. The molecule has 0 radical (unpaired) electrons. The van der Waals surface area contributed by atoms with Gasteiger partial charge in [-0.1, -0.05) is 18.2 Å². The summed E-state index contributed by atoms with van der Waals surface area (Å²) in [5.74, 6) is -1.61. The predicted octanol–water partition coefficient (Wildman–Crippen LogP) is 4.13. The largest absolute Gasteiger partial charge is 0.507 e. The van der Waals surface area contributed by atoms with Crippen molar-refractivity contribution in [2.45, 2.75) is 6.04 Å². The Labute approximate surface area is 213 Å². The Morgan fingerprint density at radius 3 is 2.14 bits per heavy atom. The molecule has 1 fully saturated rings. The SMILES string of the molecule is COC(=O)c1ccc(N2C(=O)C(=O)/C(=C(/O)c3cc(OC)ccc3OC)C2c2ccccc2OC)cc1.